The Bertz CT molecular complexity index is 737. The zero-order valence-electron chi connectivity index (χ0n) is 11.9. The van der Waals surface area contributed by atoms with Crippen molar-refractivity contribution >= 4 is 26.9 Å². The highest BCUT2D eigenvalue weighted by molar-refractivity contribution is 7.89. The van der Waals surface area contributed by atoms with Crippen LogP contribution in [0.1, 0.15) is 16.8 Å². The SMILES string of the molecule is CN(C)S(=O)(=O)CCCOC(=O)c1ccc2cn[nH]c2c1. The molecule has 2 aromatic rings. The summed E-state index contributed by atoms with van der Waals surface area (Å²) in [6.45, 7) is 0.0624. The number of fused-ring (bicyclic) bond motifs is 1. The number of carbonyl (C=O) groups is 1. The molecule has 2 rings (SSSR count). The number of hydrogen-bond acceptors (Lipinski definition) is 5. The van der Waals surface area contributed by atoms with Gasteiger partial charge in [-0.1, -0.05) is 6.07 Å². The molecule has 114 valence electrons. The molecule has 1 N–H and O–H groups in total. The number of rotatable bonds is 6. The highest BCUT2D eigenvalue weighted by Gasteiger charge is 2.14. The molecular weight excluding hydrogens is 294 g/mol. The first kappa shape index (κ1) is 15.5. The summed E-state index contributed by atoms with van der Waals surface area (Å²) in [7, 11) is -0.307. The molecule has 0 saturated carbocycles. The van der Waals surface area contributed by atoms with E-state index in [9.17, 15) is 13.2 Å². The normalized spacial score (nSPS) is 12.0. The predicted molar refractivity (Wildman–Crippen MR) is 78.5 cm³/mol. The second kappa shape index (κ2) is 6.23. The van der Waals surface area contributed by atoms with Crippen LogP contribution in [0.5, 0.6) is 0 Å². The van der Waals surface area contributed by atoms with Gasteiger partial charge in [0.1, 0.15) is 0 Å². The Hall–Kier alpha value is -1.93. The van der Waals surface area contributed by atoms with Crippen LogP contribution in [-0.2, 0) is 14.8 Å². The molecular formula is C13H17N3O4S. The van der Waals surface area contributed by atoms with Crippen LogP contribution < -0.4 is 0 Å². The molecule has 1 aromatic carbocycles. The van der Waals surface area contributed by atoms with E-state index < -0.39 is 16.0 Å². The molecule has 0 radical (unpaired) electrons. The van der Waals surface area contributed by atoms with E-state index in [4.69, 9.17) is 4.74 Å². The average molecular weight is 311 g/mol. The number of carbonyl (C=O) groups excluding carboxylic acids is 1. The van der Waals surface area contributed by atoms with Crippen molar-refractivity contribution < 1.29 is 17.9 Å². The quantitative estimate of drug-likeness (QED) is 0.634. The topological polar surface area (TPSA) is 92.4 Å². The van der Waals surface area contributed by atoms with Crippen LogP contribution in [0.15, 0.2) is 24.4 Å². The molecule has 0 aliphatic rings. The Kier molecular flexibility index (Phi) is 4.59. The van der Waals surface area contributed by atoms with Crippen molar-refractivity contribution in [1.82, 2.24) is 14.5 Å². The third-order valence-electron chi connectivity index (χ3n) is 3.01. The van der Waals surface area contributed by atoms with Crippen LogP contribution in [0.4, 0.5) is 0 Å². The van der Waals surface area contributed by atoms with Gasteiger partial charge in [-0.15, -0.1) is 0 Å². The van der Waals surface area contributed by atoms with Crippen molar-refractivity contribution in [2.24, 2.45) is 0 Å². The van der Waals surface area contributed by atoms with Gasteiger partial charge < -0.3 is 4.74 Å². The monoisotopic (exact) mass is 311 g/mol. The fraction of sp³-hybridized carbons (Fsp3) is 0.385. The minimum absolute atomic E-state index is 0.0487. The largest absolute Gasteiger partial charge is 0.462 e. The van der Waals surface area contributed by atoms with Gasteiger partial charge in [0.25, 0.3) is 0 Å². The number of nitrogens with one attached hydrogen (secondary N) is 1. The van der Waals surface area contributed by atoms with Crippen LogP contribution >= 0.6 is 0 Å². The van der Waals surface area contributed by atoms with Crippen LogP contribution in [0.2, 0.25) is 0 Å². The van der Waals surface area contributed by atoms with Crippen LogP contribution in [0.3, 0.4) is 0 Å². The average Bonchev–Trinajstić information content (AvgIpc) is 2.90. The lowest BCUT2D eigenvalue weighted by Gasteiger charge is -2.11. The summed E-state index contributed by atoms with van der Waals surface area (Å²) in [5, 5.41) is 7.55. The lowest BCUT2D eigenvalue weighted by atomic mass is 10.2. The van der Waals surface area contributed by atoms with Gasteiger partial charge in [0.05, 0.1) is 29.6 Å². The second-order valence-electron chi connectivity index (χ2n) is 4.76. The summed E-state index contributed by atoms with van der Waals surface area (Å²) in [5.41, 5.74) is 1.15. The van der Waals surface area contributed by atoms with Crippen molar-refractivity contribution in [3.05, 3.63) is 30.0 Å². The van der Waals surface area contributed by atoms with Gasteiger partial charge in [-0.25, -0.2) is 17.5 Å². The predicted octanol–water partition coefficient (Wildman–Crippen LogP) is 1.00. The zero-order valence-corrected chi connectivity index (χ0v) is 12.7. The summed E-state index contributed by atoms with van der Waals surface area (Å²) in [6, 6.07) is 5.07. The number of benzene rings is 1. The maximum Gasteiger partial charge on any atom is 0.338 e. The van der Waals surface area contributed by atoms with Crippen LogP contribution in [0.25, 0.3) is 10.9 Å². The Balaban J connectivity index is 1.87. The van der Waals surface area contributed by atoms with E-state index in [1.54, 1.807) is 24.4 Å². The van der Waals surface area contributed by atoms with E-state index in [2.05, 4.69) is 10.2 Å². The smallest absolute Gasteiger partial charge is 0.338 e. The summed E-state index contributed by atoms with van der Waals surface area (Å²) >= 11 is 0. The van der Waals surface area contributed by atoms with Gasteiger partial charge in [-0.2, -0.15) is 5.10 Å². The van der Waals surface area contributed by atoms with Gasteiger partial charge >= 0.3 is 5.97 Å². The second-order valence-corrected chi connectivity index (χ2v) is 7.06. The number of sulfonamides is 1. The Labute approximate surface area is 122 Å². The highest BCUT2D eigenvalue weighted by Crippen LogP contribution is 2.13. The van der Waals surface area contributed by atoms with Crippen molar-refractivity contribution in [2.45, 2.75) is 6.42 Å². The third kappa shape index (κ3) is 3.79. The fourth-order valence-corrected chi connectivity index (χ4v) is 2.58. The first-order valence-corrected chi connectivity index (χ1v) is 8.01. The summed E-state index contributed by atoms with van der Waals surface area (Å²) in [5.74, 6) is -0.527. The number of aromatic amines is 1. The van der Waals surface area contributed by atoms with Crippen molar-refractivity contribution in [3.8, 4) is 0 Å². The molecule has 0 fully saturated rings. The molecule has 1 aromatic heterocycles. The Morgan fingerprint density at radius 2 is 2.14 bits per heavy atom. The van der Waals surface area contributed by atoms with Crippen molar-refractivity contribution in [1.29, 1.82) is 0 Å². The van der Waals surface area contributed by atoms with Crippen LogP contribution in [-0.4, -0.2) is 55.3 Å². The molecule has 0 amide bonds. The number of nitrogens with zero attached hydrogens (tertiary/aromatic N) is 2. The third-order valence-corrected chi connectivity index (χ3v) is 4.93. The number of aromatic nitrogens is 2. The van der Waals surface area contributed by atoms with Crippen LogP contribution in [0, 0.1) is 0 Å². The van der Waals surface area contributed by atoms with E-state index in [1.165, 1.54) is 14.1 Å². The van der Waals surface area contributed by atoms with Gasteiger partial charge in [-0.05, 0) is 18.6 Å². The lowest BCUT2D eigenvalue weighted by molar-refractivity contribution is 0.0505. The molecule has 0 bridgehead atoms. The van der Waals surface area contributed by atoms with E-state index in [0.29, 0.717) is 5.56 Å². The first-order valence-electron chi connectivity index (χ1n) is 6.40. The molecule has 8 heteroatoms. The van der Waals surface area contributed by atoms with E-state index >= 15 is 0 Å². The molecule has 0 unspecified atom stereocenters. The fourth-order valence-electron chi connectivity index (χ4n) is 1.74. The van der Waals surface area contributed by atoms with Gasteiger partial charge in [-0.3, -0.25) is 5.10 Å². The molecule has 1 heterocycles. The minimum atomic E-state index is -3.25. The first-order chi connectivity index (χ1) is 9.90. The maximum atomic E-state index is 11.9. The lowest BCUT2D eigenvalue weighted by Crippen LogP contribution is -2.25. The van der Waals surface area contributed by atoms with Gasteiger partial charge in [0, 0.05) is 19.5 Å². The van der Waals surface area contributed by atoms with E-state index in [-0.39, 0.29) is 18.8 Å². The summed E-state index contributed by atoms with van der Waals surface area (Å²) < 4.78 is 29.3. The molecule has 0 spiro atoms. The van der Waals surface area contributed by atoms with Gasteiger partial charge in [0.2, 0.25) is 10.0 Å². The minimum Gasteiger partial charge on any atom is -0.462 e. The molecule has 7 nitrogen and oxygen atoms in total. The Morgan fingerprint density at radius 1 is 1.38 bits per heavy atom. The number of H-pyrrole nitrogens is 1. The number of ether oxygens (including phenoxy) is 1. The molecule has 0 aliphatic heterocycles. The number of esters is 1. The van der Waals surface area contributed by atoms with Crippen molar-refractivity contribution in [2.75, 3.05) is 26.5 Å². The molecule has 0 saturated heterocycles. The standard InChI is InChI=1S/C13H17N3O4S/c1-16(2)21(18,19)7-3-6-20-13(17)10-4-5-11-9-14-15-12(11)8-10/h4-5,8-9H,3,6-7H2,1-2H3,(H,14,15). The van der Waals surface area contributed by atoms with Crippen molar-refractivity contribution in [3.63, 3.8) is 0 Å². The van der Waals surface area contributed by atoms with E-state index in [1.807, 2.05) is 0 Å². The zero-order chi connectivity index (χ0) is 15.5. The van der Waals surface area contributed by atoms with E-state index in [0.717, 1.165) is 15.2 Å². The summed E-state index contributed by atoms with van der Waals surface area (Å²) in [4.78, 5) is 11.9. The molecule has 21 heavy (non-hydrogen) atoms. The number of hydrogen-bond donors (Lipinski definition) is 1. The summed E-state index contributed by atoms with van der Waals surface area (Å²) in [6.07, 6.45) is 1.93. The Morgan fingerprint density at radius 3 is 2.86 bits per heavy atom. The maximum absolute atomic E-state index is 11.9. The molecule has 0 atom stereocenters. The molecule has 0 aliphatic carbocycles. The van der Waals surface area contributed by atoms with Gasteiger partial charge in [0.15, 0.2) is 0 Å². The highest BCUT2D eigenvalue weighted by atomic mass is 32.2.